The van der Waals surface area contributed by atoms with E-state index in [1.54, 1.807) is 11.8 Å². The minimum Gasteiger partial charge on any atom is -0.480 e. The summed E-state index contributed by atoms with van der Waals surface area (Å²) in [6.07, 6.45) is 6.08. The van der Waals surface area contributed by atoms with Crippen LogP contribution in [0, 0.1) is 6.92 Å². The van der Waals surface area contributed by atoms with E-state index in [4.69, 9.17) is 29.5 Å². The Morgan fingerprint density at radius 2 is 2.04 bits per heavy atom. The molecule has 1 aromatic rings. The normalized spacial score (nSPS) is 20.2. The van der Waals surface area contributed by atoms with Gasteiger partial charge in [-0.2, -0.15) is 0 Å². The summed E-state index contributed by atoms with van der Waals surface area (Å²) in [5.41, 5.74) is 3.48. The van der Waals surface area contributed by atoms with Crippen molar-refractivity contribution < 1.29 is 9.90 Å². The van der Waals surface area contributed by atoms with Crippen LogP contribution in [0.15, 0.2) is 56.8 Å². The zero-order valence-corrected chi connectivity index (χ0v) is 18.3. The number of fused-ring (bicyclic) bond motifs is 1. The van der Waals surface area contributed by atoms with Crippen LogP contribution in [0.3, 0.4) is 0 Å². The first-order chi connectivity index (χ1) is 12.8. The van der Waals surface area contributed by atoms with Gasteiger partial charge in [0, 0.05) is 16.8 Å². The van der Waals surface area contributed by atoms with Crippen LogP contribution in [0.25, 0.3) is 0 Å². The van der Waals surface area contributed by atoms with Gasteiger partial charge in [-0.3, -0.25) is 4.79 Å². The van der Waals surface area contributed by atoms with E-state index in [2.05, 4.69) is 43.1 Å². The molecule has 0 amide bonds. The second kappa shape index (κ2) is 8.18. The Morgan fingerprint density at radius 1 is 1.30 bits per heavy atom. The third-order valence-electron chi connectivity index (χ3n) is 4.04. The van der Waals surface area contributed by atoms with Gasteiger partial charge in [-0.15, -0.1) is 0 Å². The molecule has 2 aliphatic rings. The van der Waals surface area contributed by atoms with Crippen LogP contribution in [0.1, 0.15) is 12.5 Å². The number of thioether (sulfide) groups is 2. The number of hydrogen-bond acceptors (Lipinski definition) is 6. The van der Waals surface area contributed by atoms with E-state index in [-0.39, 0.29) is 6.54 Å². The maximum Gasteiger partial charge on any atom is 0.323 e. The third-order valence-corrected chi connectivity index (χ3v) is 7.17. The van der Waals surface area contributed by atoms with Gasteiger partial charge in [-0.25, -0.2) is 0 Å². The van der Waals surface area contributed by atoms with Crippen molar-refractivity contribution in [2.24, 2.45) is 0 Å². The molecule has 1 saturated heterocycles. The summed E-state index contributed by atoms with van der Waals surface area (Å²) in [5.74, 6) is -0.949. The lowest BCUT2D eigenvalue weighted by atomic mass is 10.2. The SMILES string of the molecule is CC(=CC=C1Sc2cc(C)ccc2N1C)C=C1SC(=S)N(CC(=O)O)C1=S. The molecule has 1 fully saturated rings. The van der Waals surface area contributed by atoms with E-state index in [9.17, 15) is 4.79 Å². The molecule has 1 aromatic carbocycles. The molecule has 0 radical (unpaired) electrons. The average Bonchev–Trinajstić information content (AvgIpc) is 3.03. The van der Waals surface area contributed by atoms with Crippen LogP contribution < -0.4 is 4.90 Å². The summed E-state index contributed by atoms with van der Waals surface area (Å²) >= 11 is 13.7. The second-order valence-electron chi connectivity index (χ2n) is 6.21. The lowest BCUT2D eigenvalue weighted by Crippen LogP contribution is -2.32. The minimum atomic E-state index is -0.949. The highest BCUT2D eigenvalue weighted by molar-refractivity contribution is 8.27. The van der Waals surface area contributed by atoms with Crippen molar-refractivity contribution in [3.05, 3.63) is 57.5 Å². The molecule has 1 N–H and O–H groups in total. The van der Waals surface area contributed by atoms with Crippen molar-refractivity contribution in [3.63, 3.8) is 0 Å². The topological polar surface area (TPSA) is 43.8 Å². The Morgan fingerprint density at radius 3 is 2.74 bits per heavy atom. The fraction of sp³-hybridized carbons (Fsp3) is 0.211. The molecule has 3 rings (SSSR count). The van der Waals surface area contributed by atoms with Crippen molar-refractivity contribution in [2.75, 3.05) is 18.5 Å². The number of benzene rings is 1. The Labute approximate surface area is 178 Å². The number of aryl methyl sites for hydroxylation is 1. The number of allylic oxidation sites excluding steroid dienone is 4. The smallest absolute Gasteiger partial charge is 0.323 e. The number of carboxylic acid groups (broad SMARTS) is 1. The van der Waals surface area contributed by atoms with Gasteiger partial charge in [0.25, 0.3) is 0 Å². The monoisotopic (exact) mass is 434 g/mol. The van der Waals surface area contributed by atoms with E-state index in [1.165, 1.54) is 32.8 Å². The van der Waals surface area contributed by atoms with E-state index >= 15 is 0 Å². The van der Waals surface area contributed by atoms with E-state index in [0.29, 0.717) is 9.31 Å². The number of aliphatic carboxylic acids is 1. The minimum absolute atomic E-state index is 0.200. The highest BCUT2D eigenvalue weighted by Crippen LogP contribution is 2.45. The molecule has 0 unspecified atom stereocenters. The van der Waals surface area contributed by atoms with Gasteiger partial charge in [0.15, 0.2) is 0 Å². The third kappa shape index (κ3) is 4.45. The molecule has 8 heteroatoms. The van der Waals surface area contributed by atoms with Gasteiger partial charge in [0.2, 0.25) is 0 Å². The lowest BCUT2D eigenvalue weighted by molar-refractivity contribution is -0.136. The molecular formula is C19H18N2O2S4. The number of carboxylic acids is 1. The van der Waals surface area contributed by atoms with Crippen LogP contribution in [-0.4, -0.2) is 38.9 Å². The quantitative estimate of drug-likeness (QED) is 0.527. The first-order valence-electron chi connectivity index (χ1n) is 8.14. The van der Waals surface area contributed by atoms with E-state index in [0.717, 1.165) is 15.5 Å². The lowest BCUT2D eigenvalue weighted by Gasteiger charge is -2.13. The Hall–Kier alpha value is -1.61. The highest BCUT2D eigenvalue weighted by Gasteiger charge is 2.29. The average molecular weight is 435 g/mol. The first-order valence-corrected chi connectivity index (χ1v) is 10.6. The van der Waals surface area contributed by atoms with Crippen molar-refractivity contribution in [1.29, 1.82) is 0 Å². The number of carbonyl (C=O) groups is 1. The van der Waals surface area contributed by atoms with Crippen molar-refractivity contribution >= 4 is 68.9 Å². The molecule has 0 aliphatic carbocycles. The summed E-state index contributed by atoms with van der Waals surface area (Å²) in [4.78, 5) is 17.2. The van der Waals surface area contributed by atoms with Crippen molar-refractivity contribution in [2.45, 2.75) is 18.7 Å². The molecule has 0 saturated carbocycles. The van der Waals surface area contributed by atoms with Gasteiger partial charge in [-0.1, -0.05) is 60.1 Å². The fourth-order valence-corrected chi connectivity index (χ4v) is 5.58. The van der Waals surface area contributed by atoms with Crippen LogP contribution in [0.2, 0.25) is 0 Å². The molecule has 0 aromatic heterocycles. The summed E-state index contributed by atoms with van der Waals surface area (Å²) in [5, 5.41) is 10.1. The number of thiocarbonyl (C=S) groups is 2. The van der Waals surface area contributed by atoms with Crippen LogP contribution in [0.4, 0.5) is 5.69 Å². The molecule has 2 aliphatic heterocycles. The number of hydrogen-bond donors (Lipinski definition) is 1. The molecule has 27 heavy (non-hydrogen) atoms. The summed E-state index contributed by atoms with van der Waals surface area (Å²) in [7, 11) is 2.06. The molecule has 0 atom stereocenters. The number of rotatable bonds is 4. The predicted octanol–water partition coefficient (Wildman–Crippen LogP) is 4.95. The molecule has 0 bridgehead atoms. The van der Waals surface area contributed by atoms with Crippen LogP contribution >= 0.6 is 48.0 Å². The number of anilines is 1. The van der Waals surface area contributed by atoms with Gasteiger partial charge < -0.3 is 14.9 Å². The first kappa shape index (κ1) is 20.1. The summed E-state index contributed by atoms with van der Waals surface area (Å²) < 4.78 is 0.483. The second-order valence-corrected chi connectivity index (χ2v) is 9.33. The Kier molecular flexibility index (Phi) is 6.10. The highest BCUT2D eigenvalue weighted by atomic mass is 32.2. The fourth-order valence-electron chi connectivity index (χ4n) is 2.66. The molecule has 4 nitrogen and oxygen atoms in total. The van der Waals surface area contributed by atoms with Gasteiger partial charge in [0.1, 0.15) is 15.9 Å². The largest absolute Gasteiger partial charge is 0.480 e. The molecule has 2 heterocycles. The van der Waals surface area contributed by atoms with Crippen LogP contribution in [-0.2, 0) is 4.79 Å². The summed E-state index contributed by atoms with van der Waals surface area (Å²) in [6.45, 7) is 3.89. The number of nitrogens with zero attached hydrogens (tertiary/aromatic N) is 2. The molecule has 0 spiro atoms. The van der Waals surface area contributed by atoms with Crippen LogP contribution in [0.5, 0.6) is 0 Å². The standard InChI is InChI=1S/C19H18N2O2S4/c1-11-4-6-13-14(8-11)26-16(20(13)3)7-5-12(2)9-15-18(24)21(10-17(22)23)19(25)27-15/h4-9H,10H2,1-3H3,(H,22,23). The Bertz CT molecular complexity index is 934. The molecule has 140 valence electrons. The zero-order chi connectivity index (χ0) is 19.7. The Balaban J connectivity index is 1.76. The summed E-state index contributed by atoms with van der Waals surface area (Å²) in [6, 6.07) is 6.46. The maximum absolute atomic E-state index is 11.0. The zero-order valence-electron chi connectivity index (χ0n) is 15.1. The molecular weight excluding hydrogens is 416 g/mol. The predicted molar refractivity (Wildman–Crippen MR) is 122 cm³/mol. The van der Waals surface area contributed by atoms with Crippen molar-refractivity contribution in [1.82, 2.24) is 4.90 Å². The van der Waals surface area contributed by atoms with Gasteiger partial charge in [-0.05, 0) is 49.3 Å². The van der Waals surface area contributed by atoms with Gasteiger partial charge in [0.05, 0.1) is 10.7 Å². The van der Waals surface area contributed by atoms with Gasteiger partial charge >= 0.3 is 5.97 Å². The van der Waals surface area contributed by atoms with Crippen molar-refractivity contribution in [3.8, 4) is 0 Å². The maximum atomic E-state index is 11.0. The van der Waals surface area contributed by atoms with E-state index in [1.807, 2.05) is 19.1 Å². The van der Waals surface area contributed by atoms with E-state index < -0.39 is 5.97 Å².